The first-order valence-corrected chi connectivity index (χ1v) is 6.62. The Morgan fingerprint density at radius 1 is 1.47 bits per heavy atom. The van der Waals surface area contributed by atoms with Crippen LogP contribution < -0.4 is 5.32 Å². The van der Waals surface area contributed by atoms with Crippen molar-refractivity contribution in [3.8, 4) is 0 Å². The topological polar surface area (TPSA) is 24.9 Å². The van der Waals surface area contributed by atoms with Gasteiger partial charge in [-0.15, -0.1) is 11.3 Å². The maximum atomic E-state index is 4.26. The first-order chi connectivity index (χ1) is 7.18. The number of aromatic nitrogens is 1. The van der Waals surface area contributed by atoms with Crippen molar-refractivity contribution >= 4 is 11.3 Å². The average Bonchev–Trinajstić information content (AvgIpc) is 2.76. The molecule has 1 N–H and O–H groups in total. The summed E-state index contributed by atoms with van der Waals surface area (Å²) < 4.78 is 0. The number of hydrogen-bond acceptors (Lipinski definition) is 3. The molecule has 1 fully saturated rings. The summed E-state index contributed by atoms with van der Waals surface area (Å²) in [6, 6.07) is 0. The molecular formula is C12H20N2S. The first kappa shape index (κ1) is 11.1. The van der Waals surface area contributed by atoms with Crippen LogP contribution in [0.1, 0.15) is 42.5 Å². The first-order valence-electron chi connectivity index (χ1n) is 5.80. The largest absolute Gasteiger partial charge is 0.311 e. The van der Waals surface area contributed by atoms with E-state index < -0.39 is 0 Å². The molecule has 84 valence electrons. The van der Waals surface area contributed by atoms with E-state index in [1.165, 1.54) is 35.6 Å². The summed E-state index contributed by atoms with van der Waals surface area (Å²) in [5, 5.41) is 4.73. The molecule has 1 aromatic rings. The molecule has 1 heterocycles. The van der Waals surface area contributed by atoms with Crippen LogP contribution in [-0.2, 0) is 6.54 Å². The molecule has 0 unspecified atom stereocenters. The lowest BCUT2D eigenvalue weighted by Gasteiger charge is -2.23. The van der Waals surface area contributed by atoms with E-state index in [9.17, 15) is 0 Å². The highest BCUT2D eigenvalue weighted by molar-refractivity contribution is 7.11. The predicted molar refractivity (Wildman–Crippen MR) is 65.1 cm³/mol. The summed E-state index contributed by atoms with van der Waals surface area (Å²) in [6.07, 6.45) is 7.60. The molecule has 0 aromatic carbocycles. The number of aryl methyl sites for hydroxylation is 1. The van der Waals surface area contributed by atoms with Gasteiger partial charge in [0.15, 0.2) is 0 Å². The molecule has 0 aliphatic heterocycles. The van der Waals surface area contributed by atoms with Crippen LogP contribution >= 0.6 is 11.3 Å². The molecule has 3 heteroatoms. The van der Waals surface area contributed by atoms with Gasteiger partial charge in [-0.1, -0.05) is 19.8 Å². The normalized spacial score (nSPS) is 19.6. The summed E-state index contributed by atoms with van der Waals surface area (Å²) in [5.41, 5.74) is 0.555. The third kappa shape index (κ3) is 3.02. The molecule has 0 spiro atoms. The monoisotopic (exact) mass is 224 g/mol. The fraction of sp³-hybridized carbons (Fsp3) is 0.750. The van der Waals surface area contributed by atoms with Crippen LogP contribution in [0.15, 0.2) is 6.20 Å². The Morgan fingerprint density at radius 2 is 2.20 bits per heavy atom. The molecule has 1 aromatic heterocycles. The van der Waals surface area contributed by atoms with Gasteiger partial charge in [0.1, 0.15) is 0 Å². The van der Waals surface area contributed by atoms with Gasteiger partial charge in [-0.25, -0.2) is 4.98 Å². The van der Waals surface area contributed by atoms with Gasteiger partial charge in [0, 0.05) is 24.2 Å². The summed E-state index contributed by atoms with van der Waals surface area (Å²) in [4.78, 5) is 5.62. The van der Waals surface area contributed by atoms with Gasteiger partial charge < -0.3 is 5.32 Å². The van der Waals surface area contributed by atoms with Gasteiger partial charge in [-0.3, -0.25) is 0 Å². The molecule has 0 atom stereocenters. The molecule has 15 heavy (non-hydrogen) atoms. The lowest BCUT2D eigenvalue weighted by atomic mass is 9.89. The van der Waals surface area contributed by atoms with Gasteiger partial charge in [0.2, 0.25) is 0 Å². The summed E-state index contributed by atoms with van der Waals surface area (Å²) in [7, 11) is 0. The molecule has 1 aliphatic rings. The van der Waals surface area contributed by atoms with E-state index in [0.717, 1.165) is 13.1 Å². The van der Waals surface area contributed by atoms with Gasteiger partial charge in [-0.05, 0) is 25.2 Å². The number of hydrogen-bond donors (Lipinski definition) is 1. The molecule has 0 radical (unpaired) electrons. The fourth-order valence-electron chi connectivity index (χ4n) is 2.38. The van der Waals surface area contributed by atoms with Crippen LogP contribution in [0.25, 0.3) is 0 Å². The zero-order chi connectivity index (χ0) is 10.7. The van der Waals surface area contributed by atoms with E-state index in [0.29, 0.717) is 5.41 Å². The number of nitrogens with zero attached hydrogens (tertiary/aromatic N) is 1. The van der Waals surface area contributed by atoms with Crippen LogP contribution in [-0.4, -0.2) is 11.5 Å². The smallest absolute Gasteiger partial charge is 0.0897 e. The van der Waals surface area contributed by atoms with Crippen LogP contribution in [0.4, 0.5) is 0 Å². The second-order valence-corrected chi connectivity index (χ2v) is 6.29. The minimum atomic E-state index is 0.555. The minimum Gasteiger partial charge on any atom is -0.311 e. The second kappa shape index (κ2) is 4.62. The Kier molecular flexibility index (Phi) is 3.42. The lowest BCUT2D eigenvalue weighted by Crippen LogP contribution is -2.28. The van der Waals surface area contributed by atoms with Gasteiger partial charge in [0.25, 0.3) is 0 Å². The summed E-state index contributed by atoms with van der Waals surface area (Å²) >= 11 is 1.80. The highest BCUT2D eigenvalue weighted by atomic mass is 32.1. The molecule has 0 bridgehead atoms. The van der Waals surface area contributed by atoms with Crippen molar-refractivity contribution in [2.24, 2.45) is 5.41 Å². The number of thiazole rings is 1. The minimum absolute atomic E-state index is 0.555. The van der Waals surface area contributed by atoms with Crippen molar-refractivity contribution in [3.05, 3.63) is 16.1 Å². The molecule has 1 saturated carbocycles. The highest BCUT2D eigenvalue weighted by Crippen LogP contribution is 2.36. The van der Waals surface area contributed by atoms with Crippen LogP contribution in [0.5, 0.6) is 0 Å². The summed E-state index contributed by atoms with van der Waals surface area (Å²) in [6.45, 7) is 6.61. The Morgan fingerprint density at radius 3 is 2.80 bits per heavy atom. The molecule has 0 saturated heterocycles. The lowest BCUT2D eigenvalue weighted by molar-refractivity contribution is 0.315. The molecular weight excluding hydrogens is 204 g/mol. The highest BCUT2D eigenvalue weighted by Gasteiger charge is 2.27. The predicted octanol–water partition coefficient (Wildman–Crippen LogP) is 3.12. The maximum absolute atomic E-state index is 4.26. The van der Waals surface area contributed by atoms with Crippen molar-refractivity contribution in [1.29, 1.82) is 0 Å². The summed E-state index contributed by atoms with van der Waals surface area (Å²) in [5.74, 6) is 0. The van der Waals surface area contributed by atoms with E-state index in [1.807, 2.05) is 6.20 Å². The average molecular weight is 224 g/mol. The Balaban J connectivity index is 1.75. The Bertz CT molecular complexity index is 313. The van der Waals surface area contributed by atoms with Gasteiger partial charge in [0.05, 0.1) is 5.01 Å². The standard InChI is InChI=1S/C12H20N2S/c1-10-14-8-11(15-10)7-13-9-12(2)5-3-4-6-12/h8,13H,3-7,9H2,1-2H3. The van der Waals surface area contributed by atoms with E-state index in [-0.39, 0.29) is 0 Å². The zero-order valence-electron chi connectivity index (χ0n) is 9.68. The third-order valence-electron chi connectivity index (χ3n) is 3.33. The van der Waals surface area contributed by atoms with Crippen LogP contribution in [0.2, 0.25) is 0 Å². The molecule has 2 rings (SSSR count). The van der Waals surface area contributed by atoms with E-state index in [2.05, 4.69) is 24.1 Å². The molecule has 2 nitrogen and oxygen atoms in total. The van der Waals surface area contributed by atoms with Crippen molar-refractivity contribution < 1.29 is 0 Å². The third-order valence-corrected chi connectivity index (χ3v) is 4.24. The van der Waals surface area contributed by atoms with E-state index in [4.69, 9.17) is 0 Å². The Hall–Kier alpha value is -0.410. The zero-order valence-corrected chi connectivity index (χ0v) is 10.5. The van der Waals surface area contributed by atoms with Crippen LogP contribution in [0, 0.1) is 12.3 Å². The molecule has 0 amide bonds. The van der Waals surface area contributed by atoms with Gasteiger partial charge in [-0.2, -0.15) is 0 Å². The Labute approximate surface area is 96.1 Å². The fourth-order valence-corrected chi connectivity index (χ4v) is 3.14. The number of rotatable bonds is 4. The quantitative estimate of drug-likeness (QED) is 0.850. The van der Waals surface area contributed by atoms with Gasteiger partial charge >= 0.3 is 0 Å². The maximum Gasteiger partial charge on any atom is 0.0897 e. The second-order valence-electron chi connectivity index (χ2n) is 4.97. The van der Waals surface area contributed by atoms with Crippen molar-refractivity contribution in [2.45, 2.75) is 46.1 Å². The molecule has 1 aliphatic carbocycles. The van der Waals surface area contributed by atoms with Crippen molar-refractivity contribution in [2.75, 3.05) is 6.54 Å². The van der Waals surface area contributed by atoms with Crippen molar-refractivity contribution in [3.63, 3.8) is 0 Å². The SMILES string of the molecule is Cc1ncc(CNCC2(C)CCCC2)s1. The van der Waals surface area contributed by atoms with E-state index >= 15 is 0 Å². The van der Waals surface area contributed by atoms with Crippen LogP contribution in [0.3, 0.4) is 0 Å². The van der Waals surface area contributed by atoms with Crippen molar-refractivity contribution in [1.82, 2.24) is 10.3 Å². The number of nitrogens with one attached hydrogen (secondary N) is 1. The van der Waals surface area contributed by atoms with E-state index in [1.54, 1.807) is 11.3 Å².